The Morgan fingerprint density at radius 1 is 0.857 bits per heavy atom. The third-order valence-electron chi connectivity index (χ3n) is 3.38. The van der Waals surface area contributed by atoms with Crippen molar-refractivity contribution < 1.29 is 13.2 Å². The third-order valence-corrected chi connectivity index (χ3v) is 3.38. The second-order valence-electron chi connectivity index (χ2n) is 4.84. The summed E-state index contributed by atoms with van der Waals surface area (Å²) < 4.78 is 38.4. The number of alkyl halides is 3. The normalized spacial score (nSPS) is 13.2. The van der Waals surface area contributed by atoms with Gasteiger partial charge < -0.3 is 0 Å². The van der Waals surface area contributed by atoms with Crippen LogP contribution in [-0.2, 0) is 6.42 Å². The molecule has 0 saturated heterocycles. The van der Waals surface area contributed by atoms with E-state index in [2.05, 4.69) is 11.8 Å². The summed E-state index contributed by atoms with van der Waals surface area (Å²) in [7, 11) is 0. The van der Waals surface area contributed by atoms with E-state index in [1.54, 1.807) is 18.2 Å². The molecule has 104 valence electrons. The van der Waals surface area contributed by atoms with E-state index >= 15 is 0 Å². The van der Waals surface area contributed by atoms with Crippen LogP contribution in [0.25, 0.3) is 6.08 Å². The van der Waals surface area contributed by atoms with Gasteiger partial charge in [-0.05, 0) is 35.4 Å². The Morgan fingerprint density at radius 2 is 1.62 bits per heavy atom. The quantitative estimate of drug-likeness (QED) is 0.621. The summed E-state index contributed by atoms with van der Waals surface area (Å²) in [6.45, 7) is 0. The summed E-state index contributed by atoms with van der Waals surface area (Å²) in [5.74, 6) is 5.96. The maximum atomic E-state index is 12.8. The fraction of sp³-hybridized carbons (Fsp3) is 0.111. The summed E-state index contributed by atoms with van der Waals surface area (Å²) in [4.78, 5) is 0. The smallest absolute Gasteiger partial charge is 0.166 e. The average Bonchev–Trinajstić information content (AvgIpc) is 2.91. The van der Waals surface area contributed by atoms with Crippen LogP contribution in [0, 0.1) is 11.8 Å². The van der Waals surface area contributed by atoms with Gasteiger partial charge in [-0.1, -0.05) is 42.2 Å². The van der Waals surface area contributed by atoms with Gasteiger partial charge in [0.2, 0.25) is 0 Å². The first-order valence-electron chi connectivity index (χ1n) is 6.51. The van der Waals surface area contributed by atoms with Crippen LogP contribution in [0.4, 0.5) is 13.2 Å². The second-order valence-corrected chi connectivity index (χ2v) is 4.84. The SMILES string of the molecule is FC(F)(F)C1=Cc2c(C#Cc3ccccc3)cccc2C1. The van der Waals surface area contributed by atoms with Gasteiger partial charge >= 0.3 is 6.18 Å². The molecule has 3 heteroatoms. The number of rotatable bonds is 0. The lowest BCUT2D eigenvalue weighted by Crippen LogP contribution is -2.11. The van der Waals surface area contributed by atoms with Gasteiger partial charge in [0.25, 0.3) is 0 Å². The van der Waals surface area contributed by atoms with Gasteiger partial charge in [0.05, 0.1) is 0 Å². The molecule has 1 aliphatic carbocycles. The van der Waals surface area contributed by atoms with E-state index in [-0.39, 0.29) is 6.42 Å². The Morgan fingerprint density at radius 3 is 2.33 bits per heavy atom. The van der Waals surface area contributed by atoms with Crippen LogP contribution in [0.1, 0.15) is 22.3 Å². The molecule has 0 radical (unpaired) electrons. The van der Waals surface area contributed by atoms with E-state index in [0.717, 1.165) is 5.56 Å². The molecule has 3 rings (SSSR count). The van der Waals surface area contributed by atoms with Crippen molar-refractivity contribution >= 4 is 6.08 Å². The molecular weight excluding hydrogens is 273 g/mol. The van der Waals surface area contributed by atoms with Gasteiger partial charge in [-0.3, -0.25) is 0 Å². The zero-order valence-electron chi connectivity index (χ0n) is 11.0. The lowest BCUT2D eigenvalue weighted by Gasteiger charge is -2.05. The van der Waals surface area contributed by atoms with Crippen molar-refractivity contribution in [3.05, 3.63) is 76.4 Å². The lowest BCUT2D eigenvalue weighted by atomic mass is 10.0. The molecule has 0 N–H and O–H groups in total. The number of hydrogen-bond donors (Lipinski definition) is 0. The van der Waals surface area contributed by atoms with Crippen molar-refractivity contribution in [2.75, 3.05) is 0 Å². The summed E-state index contributed by atoms with van der Waals surface area (Å²) in [6, 6.07) is 14.6. The highest BCUT2D eigenvalue weighted by atomic mass is 19.4. The molecule has 0 bridgehead atoms. The van der Waals surface area contributed by atoms with Crippen molar-refractivity contribution in [2.45, 2.75) is 12.6 Å². The molecule has 0 unspecified atom stereocenters. The molecule has 0 heterocycles. The standard InChI is InChI=1S/C18H11F3/c19-18(20,21)16-11-15-8-4-7-14(17(15)12-16)10-9-13-5-2-1-3-6-13/h1-8,12H,11H2. The molecule has 2 aromatic carbocycles. The first-order chi connectivity index (χ1) is 10.0. The van der Waals surface area contributed by atoms with E-state index in [4.69, 9.17) is 0 Å². The largest absolute Gasteiger partial charge is 0.413 e. The fourth-order valence-corrected chi connectivity index (χ4v) is 2.32. The van der Waals surface area contributed by atoms with Crippen LogP contribution < -0.4 is 0 Å². The van der Waals surface area contributed by atoms with Crippen LogP contribution in [0.3, 0.4) is 0 Å². The minimum atomic E-state index is -4.27. The molecule has 0 spiro atoms. The van der Waals surface area contributed by atoms with E-state index < -0.39 is 11.7 Å². The number of fused-ring (bicyclic) bond motifs is 1. The molecular formula is C18H11F3. The lowest BCUT2D eigenvalue weighted by molar-refractivity contribution is -0.0918. The van der Waals surface area contributed by atoms with Gasteiger partial charge in [-0.15, -0.1) is 0 Å². The number of benzene rings is 2. The van der Waals surface area contributed by atoms with Gasteiger partial charge in [0.15, 0.2) is 0 Å². The summed E-state index contributed by atoms with van der Waals surface area (Å²) >= 11 is 0. The van der Waals surface area contributed by atoms with E-state index in [0.29, 0.717) is 16.7 Å². The van der Waals surface area contributed by atoms with E-state index in [1.807, 2.05) is 30.3 Å². The van der Waals surface area contributed by atoms with Crippen LogP contribution in [0.2, 0.25) is 0 Å². The van der Waals surface area contributed by atoms with Gasteiger partial charge in [-0.25, -0.2) is 0 Å². The minimum absolute atomic E-state index is 0.0698. The number of halogens is 3. The molecule has 21 heavy (non-hydrogen) atoms. The predicted molar refractivity (Wildman–Crippen MR) is 76.6 cm³/mol. The van der Waals surface area contributed by atoms with Crippen LogP contribution in [0.15, 0.2) is 54.1 Å². The Kier molecular flexibility index (Phi) is 3.31. The molecule has 0 saturated carbocycles. The van der Waals surface area contributed by atoms with Gasteiger partial charge in [0.1, 0.15) is 0 Å². The number of allylic oxidation sites excluding steroid dienone is 1. The topological polar surface area (TPSA) is 0 Å². The highest BCUT2D eigenvalue weighted by Crippen LogP contribution is 2.37. The van der Waals surface area contributed by atoms with Crippen molar-refractivity contribution in [3.63, 3.8) is 0 Å². The molecule has 1 aliphatic rings. The third kappa shape index (κ3) is 2.85. The van der Waals surface area contributed by atoms with E-state index in [9.17, 15) is 13.2 Å². The molecule has 0 aliphatic heterocycles. The van der Waals surface area contributed by atoms with Crippen LogP contribution >= 0.6 is 0 Å². The first-order valence-corrected chi connectivity index (χ1v) is 6.51. The maximum Gasteiger partial charge on any atom is 0.413 e. The average molecular weight is 284 g/mol. The van der Waals surface area contributed by atoms with Gasteiger partial charge in [-0.2, -0.15) is 13.2 Å². The monoisotopic (exact) mass is 284 g/mol. The fourth-order valence-electron chi connectivity index (χ4n) is 2.32. The molecule has 0 aromatic heterocycles. The Labute approximate surface area is 120 Å². The number of hydrogen-bond acceptors (Lipinski definition) is 0. The Hall–Kier alpha value is -2.47. The van der Waals surface area contributed by atoms with Crippen LogP contribution in [-0.4, -0.2) is 6.18 Å². The second kappa shape index (κ2) is 5.14. The summed E-state index contributed by atoms with van der Waals surface area (Å²) in [5.41, 5.74) is 2.24. The highest BCUT2D eigenvalue weighted by molar-refractivity contribution is 5.71. The molecule has 2 aromatic rings. The Bertz CT molecular complexity index is 757. The summed E-state index contributed by atoms with van der Waals surface area (Å²) in [5, 5.41) is 0. The highest BCUT2D eigenvalue weighted by Gasteiger charge is 2.36. The zero-order chi connectivity index (χ0) is 14.9. The molecule has 0 nitrogen and oxygen atoms in total. The van der Waals surface area contributed by atoms with Crippen molar-refractivity contribution in [1.29, 1.82) is 0 Å². The molecule has 0 amide bonds. The van der Waals surface area contributed by atoms with Crippen molar-refractivity contribution in [3.8, 4) is 11.8 Å². The minimum Gasteiger partial charge on any atom is -0.166 e. The molecule has 0 atom stereocenters. The van der Waals surface area contributed by atoms with Crippen LogP contribution in [0.5, 0.6) is 0 Å². The maximum absolute atomic E-state index is 12.8. The summed E-state index contributed by atoms with van der Waals surface area (Å²) in [6.07, 6.45) is -3.13. The first kappa shape index (κ1) is 13.5. The van der Waals surface area contributed by atoms with E-state index in [1.165, 1.54) is 6.08 Å². The Balaban J connectivity index is 1.99. The predicted octanol–water partition coefficient (Wildman–Crippen LogP) is 4.59. The molecule has 0 fully saturated rings. The van der Waals surface area contributed by atoms with Crippen molar-refractivity contribution in [2.24, 2.45) is 0 Å². The van der Waals surface area contributed by atoms with Crippen molar-refractivity contribution in [1.82, 2.24) is 0 Å². The van der Waals surface area contributed by atoms with Gasteiger partial charge in [0, 0.05) is 23.1 Å². The zero-order valence-corrected chi connectivity index (χ0v) is 11.0.